The van der Waals surface area contributed by atoms with E-state index in [-0.39, 0.29) is 11.9 Å². The second-order valence-electron chi connectivity index (χ2n) is 6.21. The summed E-state index contributed by atoms with van der Waals surface area (Å²) < 4.78 is 0. The lowest BCUT2D eigenvalue weighted by Crippen LogP contribution is -2.49. The van der Waals surface area contributed by atoms with Crippen LogP contribution in [-0.4, -0.2) is 37.0 Å². The fourth-order valence-electron chi connectivity index (χ4n) is 2.15. The molecular formula is C15H32N2O. The summed E-state index contributed by atoms with van der Waals surface area (Å²) in [4.78, 5) is 14.1. The van der Waals surface area contributed by atoms with Crippen molar-refractivity contribution >= 4 is 5.91 Å². The minimum atomic E-state index is 0.274. The van der Waals surface area contributed by atoms with Gasteiger partial charge >= 0.3 is 0 Å². The number of likely N-dealkylation sites (N-methyl/N-ethyl adjacent to an activating group) is 2. The number of amides is 1. The molecule has 3 heteroatoms. The van der Waals surface area contributed by atoms with E-state index in [9.17, 15) is 4.79 Å². The normalized spacial score (nSPS) is 14.9. The van der Waals surface area contributed by atoms with Crippen LogP contribution in [0.25, 0.3) is 0 Å². The third-order valence-electron chi connectivity index (χ3n) is 3.57. The summed E-state index contributed by atoms with van der Waals surface area (Å²) in [5.41, 5.74) is 0. The summed E-state index contributed by atoms with van der Waals surface area (Å²) in [6.07, 6.45) is 2.69. The van der Waals surface area contributed by atoms with Gasteiger partial charge in [-0.1, -0.05) is 27.7 Å². The van der Waals surface area contributed by atoms with Gasteiger partial charge in [0.25, 0.3) is 0 Å². The van der Waals surface area contributed by atoms with Crippen LogP contribution in [0.5, 0.6) is 0 Å². The predicted octanol–water partition coefficient (Wildman–Crippen LogP) is 2.90. The molecule has 108 valence electrons. The zero-order valence-electron chi connectivity index (χ0n) is 13.3. The number of carbonyl (C=O) groups excluding carboxylic acids is 1. The van der Waals surface area contributed by atoms with E-state index in [0.717, 1.165) is 12.8 Å². The van der Waals surface area contributed by atoms with Crippen molar-refractivity contribution in [2.75, 3.05) is 14.1 Å². The van der Waals surface area contributed by atoms with Crippen molar-refractivity contribution in [3.05, 3.63) is 0 Å². The standard InChI is InChI=1S/C15H32N2O/c1-11(2)8-9-15(18)17(7)14(10-12(3)4)13(5)16-6/h11-14,16H,8-10H2,1-7H3/t13?,14-/m0/s1. The topological polar surface area (TPSA) is 32.3 Å². The predicted molar refractivity (Wildman–Crippen MR) is 78.6 cm³/mol. The van der Waals surface area contributed by atoms with Crippen molar-refractivity contribution in [1.29, 1.82) is 0 Å². The van der Waals surface area contributed by atoms with E-state index >= 15 is 0 Å². The average molecular weight is 256 g/mol. The third-order valence-corrected chi connectivity index (χ3v) is 3.57. The molecule has 1 unspecified atom stereocenters. The lowest BCUT2D eigenvalue weighted by atomic mass is 9.96. The highest BCUT2D eigenvalue weighted by molar-refractivity contribution is 5.76. The van der Waals surface area contributed by atoms with Gasteiger partial charge in [-0.05, 0) is 38.6 Å². The first-order valence-electron chi connectivity index (χ1n) is 7.22. The smallest absolute Gasteiger partial charge is 0.222 e. The molecule has 0 bridgehead atoms. The van der Waals surface area contributed by atoms with Crippen molar-refractivity contribution in [3.63, 3.8) is 0 Å². The van der Waals surface area contributed by atoms with Gasteiger partial charge in [-0.25, -0.2) is 0 Å². The van der Waals surface area contributed by atoms with Gasteiger partial charge in [0.05, 0.1) is 0 Å². The van der Waals surface area contributed by atoms with Gasteiger partial charge in [0.2, 0.25) is 5.91 Å². The highest BCUT2D eigenvalue weighted by Gasteiger charge is 2.25. The van der Waals surface area contributed by atoms with Crippen molar-refractivity contribution in [2.24, 2.45) is 11.8 Å². The summed E-state index contributed by atoms with van der Waals surface area (Å²) in [5, 5.41) is 3.28. The molecule has 0 spiro atoms. The summed E-state index contributed by atoms with van der Waals surface area (Å²) >= 11 is 0. The van der Waals surface area contributed by atoms with Crippen LogP contribution < -0.4 is 5.32 Å². The number of hydrogen-bond acceptors (Lipinski definition) is 2. The van der Waals surface area contributed by atoms with Crippen LogP contribution in [0.4, 0.5) is 0 Å². The first-order chi connectivity index (χ1) is 8.29. The molecule has 0 aliphatic heterocycles. The molecule has 0 aliphatic rings. The minimum absolute atomic E-state index is 0.274. The fourth-order valence-corrected chi connectivity index (χ4v) is 2.15. The molecule has 0 radical (unpaired) electrons. The van der Waals surface area contributed by atoms with Gasteiger partial charge in [-0.2, -0.15) is 0 Å². The van der Waals surface area contributed by atoms with Crippen LogP contribution in [0, 0.1) is 11.8 Å². The van der Waals surface area contributed by atoms with Crippen molar-refractivity contribution in [1.82, 2.24) is 10.2 Å². The minimum Gasteiger partial charge on any atom is -0.341 e. The van der Waals surface area contributed by atoms with Crippen molar-refractivity contribution in [3.8, 4) is 0 Å². The van der Waals surface area contributed by atoms with Gasteiger partial charge in [-0.15, -0.1) is 0 Å². The van der Waals surface area contributed by atoms with E-state index in [4.69, 9.17) is 0 Å². The third kappa shape index (κ3) is 6.39. The number of nitrogens with one attached hydrogen (secondary N) is 1. The molecule has 0 aliphatic carbocycles. The Kier molecular flexibility index (Phi) is 8.25. The van der Waals surface area contributed by atoms with E-state index in [1.54, 1.807) is 0 Å². The highest BCUT2D eigenvalue weighted by Crippen LogP contribution is 2.16. The molecule has 3 nitrogen and oxygen atoms in total. The summed E-state index contributed by atoms with van der Waals surface area (Å²) in [7, 11) is 3.91. The molecule has 0 saturated carbocycles. The molecular weight excluding hydrogens is 224 g/mol. The second kappa shape index (κ2) is 8.52. The summed E-state index contributed by atoms with van der Waals surface area (Å²) in [6, 6.07) is 0.620. The number of hydrogen-bond donors (Lipinski definition) is 1. The molecule has 0 aromatic heterocycles. The van der Waals surface area contributed by atoms with Crippen molar-refractivity contribution in [2.45, 2.75) is 66.0 Å². The monoisotopic (exact) mass is 256 g/mol. The number of rotatable bonds is 8. The maximum atomic E-state index is 12.2. The molecule has 1 N–H and O–H groups in total. The molecule has 18 heavy (non-hydrogen) atoms. The summed E-state index contributed by atoms with van der Waals surface area (Å²) in [6.45, 7) is 10.9. The quantitative estimate of drug-likeness (QED) is 0.724. The number of carbonyl (C=O) groups is 1. The second-order valence-corrected chi connectivity index (χ2v) is 6.21. The van der Waals surface area contributed by atoms with Crippen LogP contribution in [0.3, 0.4) is 0 Å². The van der Waals surface area contributed by atoms with Crippen LogP contribution in [0.15, 0.2) is 0 Å². The molecule has 0 aromatic rings. The van der Waals surface area contributed by atoms with Gasteiger partial charge in [0.1, 0.15) is 0 Å². The van der Waals surface area contributed by atoms with E-state index in [2.05, 4.69) is 39.9 Å². The fraction of sp³-hybridized carbons (Fsp3) is 0.933. The van der Waals surface area contributed by atoms with Crippen LogP contribution in [-0.2, 0) is 4.79 Å². The number of nitrogens with zero attached hydrogens (tertiary/aromatic N) is 1. The van der Waals surface area contributed by atoms with Crippen LogP contribution in [0.1, 0.15) is 53.9 Å². The van der Waals surface area contributed by atoms with Gasteiger partial charge in [0.15, 0.2) is 0 Å². The van der Waals surface area contributed by atoms with E-state index in [0.29, 0.717) is 24.3 Å². The molecule has 1 amide bonds. The van der Waals surface area contributed by atoms with Crippen molar-refractivity contribution < 1.29 is 4.79 Å². The zero-order chi connectivity index (χ0) is 14.3. The summed E-state index contributed by atoms with van der Waals surface area (Å²) in [5.74, 6) is 1.47. The van der Waals surface area contributed by atoms with Gasteiger partial charge in [-0.3, -0.25) is 4.79 Å². The Labute approximate surface area is 113 Å². The molecule has 0 heterocycles. The van der Waals surface area contributed by atoms with Crippen LogP contribution >= 0.6 is 0 Å². The van der Waals surface area contributed by atoms with Gasteiger partial charge < -0.3 is 10.2 Å². The Morgan fingerprint density at radius 3 is 2.06 bits per heavy atom. The van der Waals surface area contributed by atoms with E-state index in [1.807, 2.05) is 19.0 Å². The molecule has 0 aromatic carbocycles. The van der Waals surface area contributed by atoms with E-state index in [1.165, 1.54) is 0 Å². The Balaban J connectivity index is 4.52. The molecule has 0 fully saturated rings. The average Bonchev–Trinajstić information content (AvgIpc) is 2.30. The van der Waals surface area contributed by atoms with Gasteiger partial charge in [0, 0.05) is 25.6 Å². The lowest BCUT2D eigenvalue weighted by Gasteiger charge is -2.34. The molecule has 2 atom stereocenters. The molecule has 0 rings (SSSR count). The Bertz CT molecular complexity index is 239. The SMILES string of the molecule is CNC(C)[C@H](CC(C)C)N(C)C(=O)CCC(C)C. The maximum Gasteiger partial charge on any atom is 0.222 e. The maximum absolute atomic E-state index is 12.2. The highest BCUT2D eigenvalue weighted by atomic mass is 16.2. The lowest BCUT2D eigenvalue weighted by molar-refractivity contribution is -0.133. The Morgan fingerprint density at radius 2 is 1.67 bits per heavy atom. The van der Waals surface area contributed by atoms with E-state index < -0.39 is 0 Å². The first-order valence-corrected chi connectivity index (χ1v) is 7.22. The van der Waals surface area contributed by atoms with Crippen LogP contribution in [0.2, 0.25) is 0 Å². The zero-order valence-corrected chi connectivity index (χ0v) is 13.3. The molecule has 0 saturated heterocycles. The Morgan fingerprint density at radius 1 is 1.11 bits per heavy atom. The largest absolute Gasteiger partial charge is 0.341 e. The Hall–Kier alpha value is -0.570. The first kappa shape index (κ1) is 17.4.